The summed E-state index contributed by atoms with van der Waals surface area (Å²) in [6.07, 6.45) is 0. The molecule has 34 heavy (non-hydrogen) atoms. The van der Waals surface area contributed by atoms with Crippen LogP contribution in [0.5, 0.6) is 34.6 Å². The Hall–Kier alpha value is -4.52. The lowest BCUT2D eigenvalue weighted by molar-refractivity contribution is 0.317. The Morgan fingerprint density at radius 2 is 1.82 bits per heavy atom. The highest BCUT2D eigenvalue weighted by Crippen LogP contribution is 2.49. The van der Waals surface area contributed by atoms with Crippen molar-refractivity contribution in [3.63, 3.8) is 0 Å². The van der Waals surface area contributed by atoms with Gasteiger partial charge in [0.05, 0.1) is 45.1 Å². The summed E-state index contributed by atoms with van der Waals surface area (Å²) >= 11 is 0. The van der Waals surface area contributed by atoms with Gasteiger partial charge in [-0.25, -0.2) is 0 Å². The minimum atomic E-state index is -0.638. The quantitative estimate of drug-likeness (QED) is 0.479. The van der Waals surface area contributed by atoms with Crippen LogP contribution in [0.1, 0.15) is 24.0 Å². The molecule has 3 aromatic rings. The first-order chi connectivity index (χ1) is 16.5. The van der Waals surface area contributed by atoms with Crippen molar-refractivity contribution in [2.45, 2.75) is 12.8 Å². The number of nitrogens with one attached hydrogen (secondary N) is 1. The number of nitrogens with two attached hydrogens (primary N) is 1. The molecule has 0 bridgehead atoms. The summed E-state index contributed by atoms with van der Waals surface area (Å²) in [6.45, 7) is 2.18. The van der Waals surface area contributed by atoms with E-state index >= 15 is 0 Å². The maximum Gasteiger partial charge on any atom is 0.244 e. The second kappa shape index (κ2) is 9.15. The number of ether oxygens (including phenoxy) is 5. The van der Waals surface area contributed by atoms with E-state index in [0.29, 0.717) is 52.0 Å². The highest BCUT2D eigenvalue weighted by atomic mass is 16.5. The van der Waals surface area contributed by atoms with E-state index in [1.165, 1.54) is 27.4 Å². The Labute approximate surface area is 196 Å². The Balaban J connectivity index is 1.95. The first-order valence-electron chi connectivity index (χ1n) is 10.4. The number of allylic oxidation sites excluding steroid dienone is 1. The molecule has 10 heteroatoms. The number of phenols is 1. The molecule has 1 unspecified atom stereocenters. The molecule has 176 valence electrons. The number of benzene rings is 2. The van der Waals surface area contributed by atoms with Gasteiger partial charge < -0.3 is 34.5 Å². The number of hydrogen-bond acceptors (Lipinski definition) is 9. The Morgan fingerprint density at radius 3 is 2.41 bits per heavy atom. The van der Waals surface area contributed by atoms with Gasteiger partial charge in [-0.15, -0.1) is 5.10 Å². The molecule has 1 atom stereocenters. The predicted molar refractivity (Wildman–Crippen MR) is 122 cm³/mol. The van der Waals surface area contributed by atoms with Gasteiger partial charge in [0, 0.05) is 5.56 Å². The van der Waals surface area contributed by atoms with Crippen LogP contribution in [0.3, 0.4) is 0 Å². The lowest BCUT2D eigenvalue weighted by atomic mass is 9.83. The number of aromatic amines is 1. The minimum Gasteiger partial charge on any atom is -0.504 e. The Bertz CT molecular complexity index is 1280. The zero-order valence-electron chi connectivity index (χ0n) is 19.1. The standard InChI is InChI=1S/C24H24N4O6/c1-5-33-16-8-12(6-7-15(16)29)19-14(11-25)23(26)34-24-20(19)21(27-28-24)13-9-17(30-2)22(32-4)18(10-13)31-3/h6-10,19,29H,5,26H2,1-4H3,(H,27,28). The normalized spacial score (nSPS) is 14.6. The van der Waals surface area contributed by atoms with E-state index in [4.69, 9.17) is 29.4 Å². The van der Waals surface area contributed by atoms with E-state index in [-0.39, 0.29) is 23.1 Å². The highest BCUT2D eigenvalue weighted by Gasteiger charge is 2.36. The third-order valence-corrected chi connectivity index (χ3v) is 5.51. The predicted octanol–water partition coefficient (Wildman–Crippen LogP) is 3.42. The summed E-state index contributed by atoms with van der Waals surface area (Å²) in [5, 5.41) is 27.4. The molecule has 2 heterocycles. The SMILES string of the molecule is CCOc1cc(C2C(C#N)=C(N)Oc3n[nH]c(-c4cc(OC)c(OC)c(OC)c4)c32)ccc1O. The molecule has 2 aromatic carbocycles. The van der Waals surface area contributed by atoms with Crippen molar-refractivity contribution in [1.82, 2.24) is 10.2 Å². The molecule has 10 nitrogen and oxygen atoms in total. The second-order valence-corrected chi connectivity index (χ2v) is 7.32. The Kier molecular flexibility index (Phi) is 6.10. The van der Waals surface area contributed by atoms with E-state index in [1.807, 2.05) is 6.92 Å². The topological polar surface area (TPSA) is 145 Å². The number of fused-ring (bicyclic) bond motifs is 1. The first kappa shape index (κ1) is 22.7. The van der Waals surface area contributed by atoms with Crippen LogP contribution in [0.4, 0.5) is 0 Å². The number of aromatic hydroxyl groups is 1. The molecule has 1 aromatic heterocycles. The van der Waals surface area contributed by atoms with Crippen molar-refractivity contribution in [3.05, 3.63) is 52.9 Å². The van der Waals surface area contributed by atoms with E-state index in [2.05, 4.69) is 16.3 Å². The van der Waals surface area contributed by atoms with E-state index < -0.39 is 5.92 Å². The summed E-state index contributed by atoms with van der Waals surface area (Å²) < 4.78 is 27.6. The summed E-state index contributed by atoms with van der Waals surface area (Å²) in [4.78, 5) is 0. The average molecular weight is 464 g/mol. The fourth-order valence-electron chi connectivity index (χ4n) is 4.01. The first-order valence-corrected chi connectivity index (χ1v) is 10.4. The molecule has 0 saturated carbocycles. The van der Waals surface area contributed by atoms with Crippen molar-refractivity contribution in [3.8, 4) is 52.0 Å². The number of phenolic OH excluding ortho intramolecular Hbond substituents is 1. The summed E-state index contributed by atoms with van der Waals surface area (Å²) in [5.74, 6) is 1.18. The van der Waals surface area contributed by atoms with Crippen LogP contribution in [0.2, 0.25) is 0 Å². The number of hydrogen-bond donors (Lipinski definition) is 3. The van der Waals surface area contributed by atoms with Gasteiger partial charge in [-0.1, -0.05) is 6.07 Å². The third kappa shape index (κ3) is 3.67. The monoisotopic (exact) mass is 464 g/mol. The maximum absolute atomic E-state index is 10.2. The molecule has 0 fully saturated rings. The maximum atomic E-state index is 10.2. The highest BCUT2D eigenvalue weighted by molar-refractivity contribution is 5.75. The zero-order valence-corrected chi connectivity index (χ0v) is 19.1. The third-order valence-electron chi connectivity index (χ3n) is 5.51. The van der Waals surface area contributed by atoms with E-state index in [1.54, 1.807) is 24.3 Å². The number of nitriles is 1. The van der Waals surface area contributed by atoms with Gasteiger partial charge in [0.15, 0.2) is 23.0 Å². The van der Waals surface area contributed by atoms with Crippen molar-refractivity contribution in [1.29, 1.82) is 5.26 Å². The van der Waals surface area contributed by atoms with Gasteiger partial charge in [0.25, 0.3) is 0 Å². The summed E-state index contributed by atoms with van der Waals surface area (Å²) in [5.41, 5.74) is 8.78. The van der Waals surface area contributed by atoms with Gasteiger partial charge in [-0.3, -0.25) is 5.10 Å². The van der Waals surface area contributed by atoms with Crippen molar-refractivity contribution >= 4 is 0 Å². The smallest absolute Gasteiger partial charge is 0.244 e. The van der Waals surface area contributed by atoms with E-state index in [0.717, 1.165) is 0 Å². The van der Waals surface area contributed by atoms with Crippen molar-refractivity contribution in [2.24, 2.45) is 5.73 Å². The van der Waals surface area contributed by atoms with Crippen molar-refractivity contribution < 1.29 is 28.8 Å². The van der Waals surface area contributed by atoms with Crippen LogP contribution in [-0.4, -0.2) is 43.2 Å². The molecular formula is C24H24N4O6. The largest absolute Gasteiger partial charge is 0.504 e. The average Bonchev–Trinajstić information content (AvgIpc) is 3.27. The second-order valence-electron chi connectivity index (χ2n) is 7.32. The molecule has 1 aliphatic rings. The van der Waals surface area contributed by atoms with Gasteiger partial charge in [0.1, 0.15) is 11.6 Å². The summed E-state index contributed by atoms with van der Waals surface area (Å²) in [6, 6.07) is 10.6. The van der Waals surface area contributed by atoms with Crippen LogP contribution < -0.4 is 29.4 Å². The van der Waals surface area contributed by atoms with Gasteiger partial charge in [0.2, 0.25) is 17.5 Å². The van der Waals surface area contributed by atoms with E-state index in [9.17, 15) is 10.4 Å². The number of rotatable bonds is 7. The molecule has 0 aliphatic carbocycles. The molecular weight excluding hydrogens is 440 g/mol. The molecule has 0 radical (unpaired) electrons. The number of methoxy groups -OCH3 is 3. The fourth-order valence-corrected chi connectivity index (χ4v) is 4.01. The minimum absolute atomic E-state index is 0.00890. The zero-order chi connectivity index (χ0) is 24.4. The molecule has 0 spiro atoms. The molecule has 4 rings (SSSR count). The lowest BCUT2D eigenvalue weighted by Crippen LogP contribution is -2.21. The Morgan fingerprint density at radius 1 is 1.12 bits per heavy atom. The molecule has 0 saturated heterocycles. The van der Waals surface area contributed by atoms with Gasteiger partial charge in [-0.2, -0.15) is 5.26 Å². The molecule has 1 aliphatic heterocycles. The van der Waals surface area contributed by atoms with Crippen LogP contribution in [0, 0.1) is 11.3 Å². The molecule has 4 N–H and O–H groups in total. The van der Waals surface area contributed by atoms with Crippen LogP contribution >= 0.6 is 0 Å². The van der Waals surface area contributed by atoms with Crippen LogP contribution in [-0.2, 0) is 0 Å². The molecule has 0 amide bonds. The number of aromatic nitrogens is 2. The van der Waals surface area contributed by atoms with Crippen LogP contribution in [0.25, 0.3) is 11.3 Å². The number of nitrogens with zero attached hydrogens (tertiary/aromatic N) is 2. The van der Waals surface area contributed by atoms with Gasteiger partial charge in [-0.05, 0) is 36.8 Å². The van der Waals surface area contributed by atoms with Crippen LogP contribution in [0.15, 0.2) is 41.8 Å². The van der Waals surface area contributed by atoms with Gasteiger partial charge >= 0.3 is 0 Å². The van der Waals surface area contributed by atoms with Crippen molar-refractivity contribution in [2.75, 3.05) is 27.9 Å². The fraction of sp³-hybridized carbons (Fsp3) is 0.250. The summed E-state index contributed by atoms with van der Waals surface area (Å²) in [7, 11) is 4.58. The lowest BCUT2D eigenvalue weighted by Gasteiger charge is -2.25. The number of H-pyrrole nitrogens is 1.